The van der Waals surface area contributed by atoms with Gasteiger partial charge in [-0.25, -0.2) is 29.1 Å². The van der Waals surface area contributed by atoms with E-state index >= 15 is 0 Å². The normalized spacial score (nSPS) is 10.4. The van der Waals surface area contributed by atoms with Gasteiger partial charge in [0.2, 0.25) is 0 Å². The largest absolute Gasteiger partial charge is 0.309 e. The molecule has 0 amide bonds. The molecule has 0 atom stereocenters. The number of nitriles is 7. The molecule has 394 valence electrons. The molecule has 0 N–H and O–H groups in total. The van der Waals surface area contributed by atoms with Crippen molar-refractivity contribution in [2.24, 2.45) is 0 Å². The Balaban J connectivity index is 1.16. The first kappa shape index (κ1) is 53.7. The lowest BCUT2D eigenvalue weighted by molar-refractivity contribution is 1.13. The summed E-state index contributed by atoms with van der Waals surface area (Å²) in [6.45, 7) is 47.9. The quantitative estimate of drug-likeness (QED) is 0.140. The minimum absolute atomic E-state index is 0.0849. The monoisotopic (exact) mass is 1110 g/mol. The Morgan fingerprint density at radius 3 is 1.15 bits per heavy atom. The number of benzene rings is 9. The highest BCUT2D eigenvalue weighted by atomic mass is 15.0. The summed E-state index contributed by atoms with van der Waals surface area (Å²) >= 11 is 0. The van der Waals surface area contributed by atoms with E-state index in [0.717, 1.165) is 0 Å². The number of fused-ring (bicyclic) bond motifs is 6. The maximum atomic E-state index is 10.7. The second kappa shape index (κ2) is 21.5. The minimum atomic E-state index is 0.0849. The van der Waals surface area contributed by atoms with Crippen molar-refractivity contribution in [1.29, 1.82) is 36.8 Å². The molecule has 3 heterocycles. The van der Waals surface area contributed by atoms with Crippen molar-refractivity contribution in [2.75, 3.05) is 0 Å². The van der Waals surface area contributed by atoms with Gasteiger partial charge in [0.25, 0.3) is 0 Å². The van der Waals surface area contributed by atoms with Gasteiger partial charge in [-0.1, -0.05) is 30.3 Å². The molecule has 0 aliphatic rings. The van der Waals surface area contributed by atoms with Crippen molar-refractivity contribution in [2.45, 2.75) is 0 Å². The molecule has 12 rings (SSSR count). The molecular weight excluding hydrogens is 1090 g/mol. The Morgan fingerprint density at radius 2 is 0.705 bits per heavy atom. The zero-order valence-electron chi connectivity index (χ0n) is 45.2. The molecule has 0 saturated heterocycles. The van der Waals surface area contributed by atoms with Crippen LogP contribution in [0, 0.1) is 119 Å². The van der Waals surface area contributed by atoms with Gasteiger partial charge in [0.1, 0.15) is 0 Å². The first-order valence-electron chi connectivity index (χ1n) is 26.1. The predicted octanol–water partition coefficient (Wildman–Crippen LogP) is 18.0. The number of pyridine rings is 1. The van der Waals surface area contributed by atoms with Crippen LogP contribution in [0.15, 0.2) is 158 Å². The fourth-order valence-corrected chi connectivity index (χ4v) is 11.7. The summed E-state index contributed by atoms with van der Waals surface area (Å²) in [7, 11) is 0. The summed E-state index contributed by atoms with van der Waals surface area (Å²) in [5.41, 5.74) is 9.54. The van der Waals surface area contributed by atoms with Crippen molar-refractivity contribution < 1.29 is 0 Å². The molecule has 9 aromatic carbocycles. The smallest absolute Gasteiger partial charge is 0.197 e. The Hall–Kier alpha value is -14.9. The third-order valence-corrected chi connectivity index (χ3v) is 15.3. The lowest BCUT2D eigenvalue weighted by atomic mass is 9.93. The van der Waals surface area contributed by atoms with E-state index in [1.807, 2.05) is 81.9 Å². The maximum absolute atomic E-state index is 10.7. The third-order valence-electron chi connectivity index (χ3n) is 15.3. The minimum Gasteiger partial charge on any atom is -0.309 e. The van der Waals surface area contributed by atoms with Crippen LogP contribution in [0.3, 0.4) is 0 Å². The molecule has 0 spiro atoms. The van der Waals surface area contributed by atoms with Crippen LogP contribution in [0.25, 0.3) is 140 Å². The molecule has 0 unspecified atom stereocenters. The second-order valence-corrected chi connectivity index (χ2v) is 19.8. The van der Waals surface area contributed by atoms with Gasteiger partial charge in [-0.2, -0.15) is 36.8 Å². The van der Waals surface area contributed by atoms with Crippen LogP contribution in [0.5, 0.6) is 0 Å². The van der Waals surface area contributed by atoms with Crippen LogP contribution in [0.4, 0.5) is 34.1 Å². The molecule has 0 aliphatic carbocycles. The molecule has 3 aromatic heterocycles. The van der Waals surface area contributed by atoms with Crippen LogP contribution in [-0.4, -0.2) is 14.1 Å². The van der Waals surface area contributed by atoms with Crippen molar-refractivity contribution >= 4 is 77.7 Å². The molecule has 0 aliphatic heterocycles. The van der Waals surface area contributed by atoms with Crippen LogP contribution in [0.2, 0.25) is 0 Å². The fraction of sp³-hybridized carbons (Fsp3) is 0. The Labute approximate surface area is 501 Å². The van der Waals surface area contributed by atoms with Crippen molar-refractivity contribution in [3.8, 4) is 109 Å². The number of rotatable bonds is 7. The molecular formula is C72H26N16. The van der Waals surface area contributed by atoms with Crippen LogP contribution < -0.4 is 0 Å². The predicted molar refractivity (Wildman–Crippen MR) is 331 cm³/mol. The molecule has 16 nitrogen and oxygen atoms in total. The van der Waals surface area contributed by atoms with Gasteiger partial charge in [-0.15, -0.1) is 0 Å². The average molecular weight is 1120 g/mol. The summed E-state index contributed by atoms with van der Waals surface area (Å²) in [6.07, 6.45) is 3.31. The van der Waals surface area contributed by atoms with Gasteiger partial charge in [-0.05, 0) is 143 Å². The van der Waals surface area contributed by atoms with Crippen molar-refractivity contribution in [1.82, 2.24) is 14.1 Å². The molecule has 0 bridgehead atoms. The molecule has 16 heteroatoms. The number of nitrogens with zero attached hydrogens (tertiary/aromatic N) is 16. The first-order valence-corrected chi connectivity index (χ1v) is 26.1. The molecule has 0 fully saturated rings. The number of hydrogen-bond acceptors (Lipinski definition) is 8. The zero-order chi connectivity index (χ0) is 61.5. The van der Waals surface area contributed by atoms with Gasteiger partial charge in [0.05, 0.1) is 144 Å². The van der Waals surface area contributed by atoms with Crippen LogP contribution >= 0.6 is 0 Å². The lowest BCUT2D eigenvalue weighted by Gasteiger charge is -2.19. The number of aromatic nitrogens is 3. The highest BCUT2D eigenvalue weighted by Crippen LogP contribution is 2.48. The SMILES string of the molecule is [C-]#[N+]c1cc(C#N)c(-c2ccc3c(c2)c2cc(-c4c(C#N)cc([N+]#[C-])cc4[N+]#[C-])ccc2n3-c2ccc(C#N)cc2-c2ccncc2-n2c3ccc(-c4c(C#N)cc(C#N)cc4[N+]#[C-])cc3c3cc(-c4c([N+]#[C-])cc(C#N)cc4[N+]#[C-])ccc32)c(C#N)c1. The van der Waals surface area contributed by atoms with E-state index in [1.165, 1.54) is 48.5 Å². The van der Waals surface area contributed by atoms with E-state index in [2.05, 4.69) is 64.4 Å². The van der Waals surface area contributed by atoms with Gasteiger partial charge < -0.3 is 9.13 Å². The summed E-state index contributed by atoms with van der Waals surface area (Å²) in [5, 5.41) is 74.6. The summed E-state index contributed by atoms with van der Waals surface area (Å²) in [4.78, 5) is 26.6. The van der Waals surface area contributed by atoms with E-state index in [9.17, 15) is 36.8 Å². The maximum Gasteiger partial charge on any atom is 0.197 e. The highest BCUT2D eigenvalue weighted by molar-refractivity contribution is 6.15. The molecule has 12 aromatic rings. The van der Waals surface area contributed by atoms with Crippen LogP contribution in [0.1, 0.15) is 38.9 Å². The molecule has 88 heavy (non-hydrogen) atoms. The summed E-state index contributed by atoms with van der Waals surface area (Å²) in [5.74, 6) is 0. The van der Waals surface area contributed by atoms with E-state index in [1.54, 1.807) is 48.8 Å². The fourth-order valence-electron chi connectivity index (χ4n) is 11.7. The van der Waals surface area contributed by atoms with Gasteiger partial charge >= 0.3 is 0 Å². The second-order valence-electron chi connectivity index (χ2n) is 19.8. The topological polar surface area (TPSA) is 215 Å². The van der Waals surface area contributed by atoms with Crippen LogP contribution in [-0.2, 0) is 0 Å². The zero-order valence-corrected chi connectivity index (χ0v) is 45.2. The average Bonchev–Trinajstić information content (AvgIpc) is 2.09. The number of hydrogen-bond donors (Lipinski definition) is 0. The molecule has 0 radical (unpaired) electrons. The standard InChI is InChI=1S/C72H26N16/c1-80-51-24-48(36-77)69(49(25-51)37-78)43-8-13-64-55(27-43)56-29-45(71-50(38-79)26-52(81-2)31-62(71)85-6)9-14-65(56)87(64)63-12-7-40(32-73)20-54(63)53-17-18-86-39-68(53)88-66-15-10-44(70-47(35-76)19-41(33-74)21-59(70)82-3)28-57(66)58-30-46(11-16-67(58)88)72-60(83-4)22-42(34-75)23-61(72)84-5/h7-31,39H. The lowest BCUT2D eigenvalue weighted by Crippen LogP contribution is -2.02. The van der Waals surface area contributed by atoms with Crippen molar-refractivity contribution in [3.63, 3.8) is 0 Å². The van der Waals surface area contributed by atoms with Gasteiger partial charge in [-0.3, -0.25) is 4.98 Å². The third kappa shape index (κ3) is 8.47. The van der Waals surface area contributed by atoms with Gasteiger partial charge in [0, 0.05) is 72.2 Å². The van der Waals surface area contributed by atoms with E-state index in [0.29, 0.717) is 116 Å². The summed E-state index contributed by atoms with van der Waals surface area (Å²) in [6, 6.07) is 55.5. The first-order chi connectivity index (χ1) is 43.0. The Bertz CT molecular complexity index is 5380. The highest BCUT2D eigenvalue weighted by Gasteiger charge is 2.26. The molecule has 0 saturated carbocycles. The van der Waals surface area contributed by atoms with Gasteiger partial charge in [0.15, 0.2) is 34.1 Å². The van der Waals surface area contributed by atoms with Crippen molar-refractivity contribution in [3.05, 3.63) is 265 Å². The Kier molecular flexibility index (Phi) is 13.1. The van der Waals surface area contributed by atoms with E-state index in [-0.39, 0.29) is 67.5 Å². The summed E-state index contributed by atoms with van der Waals surface area (Å²) < 4.78 is 3.99. The van der Waals surface area contributed by atoms with E-state index in [4.69, 9.17) is 39.4 Å². The van der Waals surface area contributed by atoms with E-state index < -0.39 is 0 Å². The Morgan fingerprint density at radius 1 is 0.318 bits per heavy atom.